The molecule has 0 aliphatic rings. The van der Waals surface area contributed by atoms with Crippen LogP contribution < -0.4 is 4.90 Å². The molecule has 0 aromatic carbocycles. The molecule has 2 aromatic rings. The van der Waals surface area contributed by atoms with E-state index in [-0.39, 0.29) is 5.91 Å². The molecule has 0 atom stereocenters. The minimum Gasteiger partial charge on any atom is -0.308 e. The Balaban J connectivity index is 2.22. The number of H-pyrrole nitrogens is 1. The molecule has 1 amide bonds. The molecule has 2 aromatic heterocycles. The van der Waals surface area contributed by atoms with Crippen molar-refractivity contribution < 1.29 is 4.79 Å². The number of amides is 1. The molecule has 0 radical (unpaired) electrons. The van der Waals surface area contributed by atoms with Crippen LogP contribution in [-0.4, -0.2) is 23.2 Å². The summed E-state index contributed by atoms with van der Waals surface area (Å²) in [4.78, 5) is 14.2. The van der Waals surface area contributed by atoms with E-state index >= 15 is 0 Å². The molecule has 0 saturated carbocycles. The second-order valence-corrected chi connectivity index (χ2v) is 4.78. The van der Waals surface area contributed by atoms with Gasteiger partial charge in [-0.1, -0.05) is 0 Å². The van der Waals surface area contributed by atoms with Gasteiger partial charge in [-0.25, -0.2) is 0 Å². The number of hydrogen-bond acceptors (Lipinski definition) is 3. The zero-order valence-electron chi connectivity index (χ0n) is 7.90. The first-order valence-electron chi connectivity index (χ1n) is 4.19. The molecule has 4 nitrogen and oxygen atoms in total. The molecule has 0 bridgehead atoms. The quantitative estimate of drug-likeness (QED) is 0.922. The van der Waals surface area contributed by atoms with Crippen LogP contribution in [-0.2, 0) is 0 Å². The number of thiophene rings is 1. The van der Waals surface area contributed by atoms with Crippen LogP contribution >= 0.6 is 27.3 Å². The normalized spacial score (nSPS) is 10.3. The highest BCUT2D eigenvalue weighted by atomic mass is 79.9. The molecule has 2 heterocycles. The average molecular weight is 286 g/mol. The highest BCUT2D eigenvalue weighted by Gasteiger charge is 2.15. The van der Waals surface area contributed by atoms with Crippen LogP contribution in [0.4, 0.5) is 5.69 Å². The zero-order valence-corrected chi connectivity index (χ0v) is 10.3. The van der Waals surface area contributed by atoms with Crippen molar-refractivity contribution in [1.29, 1.82) is 0 Å². The maximum Gasteiger partial charge on any atom is 0.268 e. The molecular weight excluding hydrogens is 278 g/mol. The van der Waals surface area contributed by atoms with Gasteiger partial charge in [0.1, 0.15) is 0 Å². The summed E-state index contributed by atoms with van der Waals surface area (Å²) < 4.78 is 0.927. The molecular formula is C9H8BrN3OS. The zero-order chi connectivity index (χ0) is 10.8. The minimum atomic E-state index is -0.0351. The van der Waals surface area contributed by atoms with Crippen molar-refractivity contribution in [3.63, 3.8) is 0 Å². The molecule has 0 saturated heterocycles. The van der Waals surface area contributed by atoms with Gasteiger partial charge in [0.05, 0.1) is 16.8 Å². The van der Waals surface area contributed by atoms with Crippen molar-refractivity contribution in [1.82, 2.24) is 10.2 Å². The summed E-state index contributed by atoms with van der Waals surface area (Å²) in [7, 11) is 1.72. The molecule has 1 N–H and O–H groups in total. The second kappa shape index (κ2) is 4.16. The summed E-state index contributed by atoms with van der Waals surface area (Å²) in [5.74, 6) is -0.0351. The molecule has 15 heavy (non-hydrogen) atoms. The van der Waals surface area contributed by atoms with Gasteiger partial charge in [0.25, 0.3) is 5.91 Å². The Labute approximate surface area is 99.0 Å². The van der Waals surface area contributed by atoms with E-state index in [1.165, 1.54) is 11.3 Å². The topological polar surface area (TPSA) is 49.0 Å². The number of nitrogens with one attached hydrogen (secondary N) is 1. The van der Waals surface area contributed by atoms with Crippen LogP contribution in [0.2, 0.25) is 0 Å². The summed E-state index contributed by atoms with van der Waals surface area (Å²) >= 11 is 4.73. The van der Waals surface area contributed by atoms with E-state index in [4.69, 9.17) is 0 Å². The smallest absolute Gasteiger partial charge is 0.268 e. The molecule has 0 unspecified atom stereocenters. The SMILES string of the molecule is CN(C(=O)c1cc(Br)cs1)c1cn[nH]c1. The fourth-order valence-corrected chi connectivity index (χ4v) is 2.54. The Morgan fingerprint density at radius 3 is 3.00 bits per heavy atom. The van der Waals surface area contributed by atoms with Crippen LogP contribution in [0.25, 0.3) is 0 Å². The van der Waals surface area contributed by atoms with Crippen LogP contribution in [0, 0.1) is 0 Å². The lowest BCUT2D eigenvalue weighted by Crippen LogP contribution is -2.24. The summed E-state index contributed by atoms with van der Waals surface area (Å²) in [5, 5.41) is 8.36. The molecule has 0 aliphatic carbocycles. The number of aromatic amines is 1. The van der Waals surface area contributed by atoms with Gasteiger partial charge in [-0.2, -0.15) is 5.10 Å². The predicted octanol–water partition coefficient (Wildman–Crippen LogP) is 2.51. The monoisotopic (exact) mass is 285 g/mol. The van der Waals surface area contributed by atoms with Gasteiger partial charge in [-0.15, -0.1) is 11.3 Å². The molecule has 78 valence electrons. The van der Waals surface area contributed by atoms with E-state index in [0.717, 1.165) is 10.2 Å². The van der Waals surface area contributed by atoms with Crippen LogP contribution in [0.1, 0.15) is 9.67 Å². The molecule has 0 spiro atoms. The summed E-state index contributed by atoms with van der Waals surface area (Å²) in [5.41, 5.74) is 0.754. The van der Waals surface area contributed by atoms with Gasteiger partial charge in [-0.3, -0.25) is 9.89 Å². The number of aromatic nitrogens is 2. The number of rotatable bonds is 2. The summed E-state index contributed by atoms with van der Waals surface area (Å²) in [6.45, 7) is 0. The standard InChI is InChI=1S/C9H8BrN3OS/c1-13(7-3-11-12-4-7)9(14)8-2-6(10)5-15-8/h2-5H,1H3,(H,11,12). The molecule has 0 fully saturated rings. The van der Waals surface area contributed by atoms with Crippen LogP contribution in [0.3, 0.4) is 0 Å². The third-order valence-electron chi connectivity index (χ3n) is 1.95. The first-order chi connectivity index (χ1) is 7.18. The molecule has 0 aliphatic heterocycles. The number of anilines is 1. The van der Waals surface area contributed by atoms with E-state index < -0.39 is 0 Å². The van der Waals surface area contributed by atoms with Crippen LogP contribution in [0.15, 0.2) is 28.3 Å². The lowest BCUT2D eigenvalue weighted by Gasteiger charge is -2.12. The largest absolute Gasteiger partial charge is 0.308 e. The van der Waals surface area contributed by atoms with Crippen molar-refractivity contribution in [2.45, 2.75) is 0 Å². The summed E-state index contributed by atoms with van der Waals surface area (Å²) in [6.07, 6.45) is 3.29. The average Bonchev–Trinajstić information content (AvgIpc) is 2.85. The van der Waals surface area contributed by atoms with Crippen molar-refractivity contribution in [2.24, 2.45) is 0 Å². The fourth-order valence-electron chi connectivity index (χ4n) is 1.14. The highest BCUT2D eigenvalue weighted by Crippen LogP contribution is 2.22. The first kappa shape index (κ1) is 10.4. The Morgan fingerprint density at radius 2 is 2.47 bits per heavy atom. The highest BCUT2D eigenvalue weighted by molar-refractivity contribution is 9.10. The lowest BCUT2D eigenvalue weighted by atomic mass is 10.4. The third-order valence-corrected chi connectivity index (χ3v) is 3.63. The fraction of sp³-hybridized carbons (Fsp3) is 0.111. The summed E-state index contributed by atoms with van der Waals surface area (Å²) in [6, 6.07) is 1.81. The molecule has 2 rings (SSSR count). The van der Waals surface area contributed by atoms with Crippen molar-refractivity contribution in [2.75, 3.05) is 11.9 Å². The Hall–Kier alpha value is -1.14. The maximum atomic E-state index is 11.9. The number of carbonyl (C=O) groups excluding carboxylic acids is 1. The van der Waals surface area contributed by atoms with E-state index in [9.17, 15) is 4.79 Å². The Morgan fingerprint density at radius 1 is 1.67 bits per heavy atom. The van der Waals surface area contributed by atoms with Crippen molar-refractivity contribution in [3.8, 4) is 0 Å². The molecule has 6 heteroatoms. The van der Waals surface area contributed by atoms with Gasteiger partial charge in [0.15, 0.2) is 0 Å². The lowest BCUT2D eigenvalue weighted by molar-refractivity contribution is 0.0997. The van der Waals surface area contributed by atoms with E-state index in [2.05, 4.69) is 26.1 Å². The first-order valence-corrected chi connectivity index (χ1v) is 5.86. The van der Waals surface area contributed by atoms with Crippen molar-refractivity contribution in [3.05, 3.63) is 33.2 Å². The van der Waals surface area contributed by atoms with Crippen molar-refractivity contribution >= 4 is 38.9 Å². The van der Waals surface area contributed by atoms with Crippen LogP contribution in [0.5, 0.6) is 0 Å². The Kier molecular flexibility index (Phi) is 2.88. The number of hydrogen-bond donors (Lipinski definition) is 1. The number of halogens is 1. The van der Waals surface area contributed by atoms with Gasteiger partial charge in [0.2, 0.25) is 0 Å². The van der Waals surface area contributed by atoms with Gasteiger partial charge < -0.3 is 4.90 Å². The Bertz CT molecular complexity index is 465. The van der Waals surface area contributed by atoms with Gasteiger partial charge in [0, 0.05) is 23.1 Å². The number of carbonyl (C=O) groups is 1. The maximum absolute atomic E-state index is 11.9. The number of nitrogens with zero attached hydrogens (tertiary/aromatic N) is 2. The second-order valence-electron chi connectivity index (χ2n) is 2.95. The minimum absolute atomic E-state index is 0.0351. The van der Waals surface area contributed by atoms with Gasteiger partial charge >= 0.3 is 0 Å². The predicted molar refractivity (Wildman–Crippen MR) is 63.3 cm³/mol. The third kappa shape index (κ3) is 2.10. The van der Waals surface area contributed by atoms with E-state index in [1.807, 2.05) is 11.4 Å². The van der Waals surface area contributed by atoms with Gasteiger partial charge in [-0.05, 0) is 22.0 Å². The van der Waals surface area contributed by atoms with E-state index in [1.54, 1.807) is 24.3 Å². The van der Waals surface area contributed by atoms with E-state index in [0.29, 0.717) is 4.88 Å².